The van der Waals surface area contributed by atoms with Crippen LogP contribution < -0.4 is 0 Å². The largest absolute Gasteiger partial charge is 0.479 e. The van der Waals surface area contributed by atoms with Crippen molar-refractivity contribution in [2.75, 3.05) is 7.11 Å². The number of esters is 1. The molecule has 0 aliphatic heterocycles. The van der Waals surface area contributed by atoms with Gasteiger partial charge in [0, 0.05) is 10.0 Å². The lowest BCUT2D eigenvalue weighted by molar-refractivity contribution is -0.150. The molecule has 2 aromatic carbocycles. The predicted octanol–water partition coefficient (Wildman–Crippen LogP) is 3.00. The number of rotatable bonds is 4. The van der Waals surface area contributed by atoms with E-state index in [4.69, 9.17) is 33.4 Å². The van der Waals surface area contributed by atoms with Crippen LogP contribution >= 0.6 is 23.2 Å². The van der Waals surface area contributed by atoms with Crippen molar-refractivity contribution >= 4 is 35.1 Å². The summed E-state index contributed by atoms with van der Waals surface area (Å²) in [4.78, 5) is 21.2. The van der Waals surface area contributed by atoms with Gasteiger partial charge in [0.15, 0.2) is 12.2 Å². The number of halogens is 2. The summed E-state index contributed by atoms with van der Waals surface area (Å²) in [6.07, 6.45) is -2.70. The minimum absolute atomic E-state index is 0.326. The fourth-order valence-electron chi connectivity index (χ4n) is 1.68. The number of carbonyl (C=O) groups is 2. The number of aliphatic hydroxyl groups is 2. The van der Waals surface area contributed by atoms with Crippen LogP contribution in [-0.4, -0.2) is 34.4 Å². The van der Waals surface area contributed by atoms with Gasteiger partial charge in [-0.2, -0.15) is 0 Å². The van der Waals surface area contributed by atoms with E-state index < -0.39 is 24.1 Å². The Hall–Kier alpha value is -2.12. The van der Waals surface area contributed by atoms with E-state index in [2.05, 4.69) is 4.74 Å². The number of carboxylic acid groups (broad SMARTS) is 1. The third kappa shape index (κ3) is 6.72. The van der Waals surface area contributed by atoms with E-state index in [1.165, 1.54) is 31.4 Å². The summed E-state index contributed by atoms with van der Waals surface area (Å²) < 4.78 is 4.37. The first-order valence-electron chi connectivity index (χ1n) is 6.94. The molecule has 2 atom stereocenters. The quantitative estimate of drug-likeness (QED) is 0.697. The zero-order valence-corrected chi connectivity index (χ0v) is 14.6. The molecule has 0 fully saturated rings. The highest BCUT2D eigenvalue weighted by Gasteiger charge is 2.17. The van der Waals surface area contributed by atoms with Crippen molar-refractivity contribution in [1.29, 1.82) is 0 Å². The van der Waals surface area contributed by atoms with E-state index in [9.17, 15) is 14.7 Å². The molecule has 0 spiro atoms. The average molecular weight is 387 g/mol. The molecule has 1 unspecified atom stereocenters. The third-order valence-electron chi connectivity index (χ3n) is 3.03. The molecule has 0 bridgehead atoms. The lowest BCUT2D eigenvalue weighted by Crippen LogP contribution is -2.13. The summed E-state index contributed by atoms with van der Waals surface area (Å²) in [5, 5.41) is 27.9. The Kier molecular flexibility index (Phi) is 8.37. The van der Waals surface area contributed by atoms with Gasteiger partial charge in [0.25, 0.3) is 0 Å². The van der Waals surface area contributed by atoms with Crippen molar-refractivity contribution in [3.8, 4) is 0 Å². The number of hydrogen-bond donors (Lipinski definition) is 3. The molecule has 6 nitrogen and oxygen atoms in total. The van der Waals surface area contributed by atoms with E-state index in [-0.39, 0.29) is 0 Å². The molecule has 0 radical (unpaired) electrons. The Morgan fingerprint density at radius 3 is 1.52 bits per heavy atom. The van der Waals surface area contributed by atoms with E-state index in [1.54, 1.807) is 24.3 Å². The fraction of sp³-hybridized carbons (Fsp3) is 0.176. The number of carboxylic acids is 1. The second-order valence-corrected chi connectivity index (χ2v) is 5.64. The lowest BCUT2D eigenvalue weighted by Gasteiger charge is -2.07. The second-order valence-electron chi connectivity index (χ2n) is 4.77. The van der Waals surface area contributed by atoms with Gasteiger partial charge in [-0.25, -0.2) is 9.59 Å². The van der Waals surface area contributed by atoms with Crippen molar-refractivity contribution < 1.29 is 29.6 Å². The molecule has 0 aromatic heterocycles. The smallest absolute Gasteiger partial charge is 0.339 e. The van der Waals surface area contributed by atoms with Crippen LogP contribution in [-0.2, 0) is 14.3 Å². The predicted molar refractivity (Wildman–Crippen MR) is 92.5 cm³/mol. The SMILES string of the molecule is COC(=O)C(O)c1ccc(Cl)cc1.O=C(O)[C@@H](O)c1ccc(Cl)cc1. The Balaban J connectivity index is 0.000000251. The highest BCUT2D eigenvalue weighted by atomic mass is 35.5. The van der Waals surface area contributed by atoms with Crippen LogP contribution in [0.15, 0.2) is 48.5 Å². The molecule has 0 heterocycles. The zero-order valence-electron chi connectivity index (χ0n) is 13.1. The molecule has 0 aliphatic rings. The number of methoxy groups -OCH3 is 1. The first-order valence-corrected chi connectivity index (χ1v) is 7.69. The maximum atomic E-state index is 10.9. The highest BCUT2D eigenvalue weighted by molar-refractivity contribution is 6.30. The molecule has 0 amide bonds. The first kappa shape index (κ1) is 20.9. The van der Waals surface area contributed by atoms with Crippen LogP contribution in [0.1, 0.15) is 23.3 Å². The van der Waals surface area contributed by atoms with Gasteiger partial charge in [-0.1, -0.05) is 47.5 Å². The van der Waals surface area contributed by atoms with Gasteiger partial charge < -0.3 is 20.1 Å². The van der Waals surface area contributed by atoms with Crippen LogP contribution in [0, 0.1) is 0 Å². The van der Waals surface area contributed by atoms with Gasteiger partial charge in [0.2, 0.25) is 0 Å². The molecule has 0 saturated carbocycles. The summed E-state index contributed by atoms with van der Waals surface area (Å²) >= 11 is 11.2. The van der Waals surface area contributed by atoms with Crippen LogP contribution in [0.4, 0.5) is 0 Å². The van der Waals surface area contributed by atoms with E-state index >= 15 is 0 Å². The molecule has 2 aromatic rings. The van der Waals surface area contributed by atoms with Gasteiger partial charge >= 0.3 is 11.9 Å². The minimum Gasteiger partial charge on any atom is -0.479 e. The van der Waals surface area contributed by atoms with Crippen molar-refractivity contribution in [2.24, 2.45) is 0 Å². The Morgan fingerprint density at radius 1 is 0.840 bits per heavy atom. The van der Waals surface area contributed by atoms with Crippen LogP contribution in [0.3, 0.4) is 0 Å². The maximum absolute atomic E-state index is 10.9. The van der Waals surface area contributed by atoms with Crippen molar-refractivity contribution in [1.82, 2.24) is 0 Å². The molecule has 8 heteroatoms. The number of benzene rings is 2. The summed E-state index contributed by atoms with van der Waals surface area (Å²) in [6, 6.07) is 12.4. The molecule has 0 aliphatic carbocycles. The van der Waals surface area contributed by atoms with E-state index in [0.29, 0.717) is 21.2 Å². The van der Waals surface area contributed by atoms with E-state index in [0.717, 1.165) is 0 Å². The molecule has 2 rings (SSSR count). The molecular formula is C17H16Cl2O6. The van der Waals surface area contributed by atoms with Crippen molar-refractivity contribution in [2.45, 2.75) is 12.2 Å². The summed E-state index contributed by atoms with van der Waals surface area (Å²) in [5.41, 5.74) is 0.795. The number of ether oxygens (including phenoxy) is 1. The number of carbonyl (C=O) groups excluding carboxylic acids is 1. The Labute approximate surface area is 154 Å². The maximum Gasteiger partial charge on any atom is 0.339 e. The Morgan fingerprint density at radius 2 is 1.20 bits per heavy atom. The topological polar surface area (TPSA) is 104 Å². The summed E-state index contributed by atoms with van der Waals surface area (Å²) in [5.74, 6) is -1.94. The summed E-state index contributed by atoms with van der Waals surface area (Å²) in [6.45, 7) is 0. The standard InChI is InChI=1S/C9H9ClO3.C8H7ClO3/c1-13-9(12)8(11)6-2-4-7(10)5-3-6;9-6-3-1-5(2-4-6)7(10)8(11)12/h2-5,8,11H,1H3;1-4,7,10H,(H,11,12)/t;7-/m.0/s1. The molecule has 0 saturated heterocycles. The molecule has 3 N–H and O–H groups in total. The Bertz CT molecular complexity index is 700. The van der Waals surface area contributed by atoms with Crippen LogP contribution in [0.2, 0.25) is 10.0 Å². The van der Waals surface area contributed by atoms with Crippen molar-refractivity contribution in [3.63, 3.8) is 0 Å². The van der Waals surface area contributed by atoms with Crippen LogP contribution in [0.25, 0.3) is 0 Å². The van der Waals surface area contributed by atoms with Crippen molar-refractivity contribution in [3.05, 3.63) is 69.7 Å². The monoisotopic (exact) mass is 386 g/mol. The number of aliphatic hydroxyl groups excluding tert-OH is 2. The molecule has 134 valence electrons. The third-order valence-corrected chi connectivity index (χ3v) is 3.53. The molecule has 25 heavy (non-hydrogen) atoms. The van der Waals surface area contributed by atoms with Gasteiger partial charge in [-0.15, -0.1) is 0 Å². The average Bonchev–Trinajstić information content (AvgIpc) is 2.61. The summed E-state index contributed by atoms with van der Waals surface area (Å²) in [7, 11) is 1.22. The normalized spacial score (nSPS) is 12.4. The number of aliphatic carboxylic acids is 1. The molecular weight excluding hydrogens is 371 g/mol. The fourth-order valence-corrected chi connectivity index (χ4v) is 1.93. The lowest BCUT2D eigenvalue weighted by atomic mass is 10.1. The zero-order chi connectivity index (χ0) is 19.0. The minimum atomic E-state index is -1.47. The van der Waals surface area contributed by atoms with Gasteiger partial charge in [-0.05, 0) is 35.4 Å². The second kappa shape index (κ2) is 10.0. The van der Waals surface area contributed by atoms with Gasteiger partial charge in [0.1, 0.15) is 0 Å². The van der Waals surface area contributed by atoms with Gasteiger partial charge in [-0.3, -0.25) is 0 Å². The highest BCUT2D eigenvalue weighted by Crippen LogP contribution is 2.17. The van der Waals surface area contributed by atoms with E-state index in [1.807, 2.05) is 0 Å². The van der Waals surface area contributed by atoms with Gasteiger partial charge in [0.05, 0.1) is 7.11 Å². The number of hydrogen-bond acceptors (Lipinski definition) is 5. The van der Waals surface area contributed by atoms with Crippen LogP contribution in [0.5, 0.6) is 0 Å². The first-order chi connectivity index (χ1) is 11.8.